The molecule has 0 atom stereocenters. The third-order valence-electron chi connectivity index (χ3n) is 3.13. The van der Waals surface area contributed by atoms with Crippen molar-refractivity contribution in [1.29, 1.82) is 0 Å². The van der Waals surface area contributed by atoms with Crippen LogP contribution >= 0.6 is 0 Å². The maximum atomic E-state index is 12.1. The van der Waals surface area contributed by atoms with Crippen LogP contribution in [0.25, 0.3) is 0 Å². The first-order chi connectivity index (χ1) is 10.5. The maximum absolute atomic E-state index is 12.1. The van der Waals surface area contributed by atoms with E-state index < -0.39 is 21.9 Å². The third-order valence-corrected chi connectivity index (χ3v) is 4.25. The Bertz CT molecular complexity index is 859. The van der Waals surface area contributed by atoms with Crippen molar-refractivity contribution in [3.63, 3.8) is 0 Å². The van der Waals surface area contributed by atoms with Gasteiger partial charge in [0.2, 0.25) is 0 Å². The summed E-state index contributed by atoms with van der Waals surface area (Å²) in [5.41, 5.74) is 0.622. The lowest BCUT2D eigenvalue weighted by Crippen LogP contribution is -2.20. The van der Waals surface area contributed by atoms with Gasteiger partial charge in [-0.1, -0.05) is 36.4 Å². The molecule has 7 heteroatoms. The monoisotopic (exact) mass is 317 g/mol. The van der Waals surface area contributed by atoms with E-state index in [2.05, 4.69) is 5.32 Å². The van der Waals surface area contributed by atoms with Crippen LogP contribution in [0.4, 0.5) is 0 Å². The number of benzene rings is 2. The lowest BCUT2D eigenvalue weighted by molar-refractivity contribution is 0.0879. The van der Waals surface area contributed by atoms with E-state index in [-0.39, 0.29) is 22.6 Å². The molecule has 1 aliphatic heterocycles. The van der Waals surface area contributed by atoms with E-state index in [0.717, 1.165) is 0 Å². The van der Waals surface area contributed by atoms with Crippen LogP contribution in [0.15, 0.2) is 48.5 Å². The van der Waals surface area contributed by atoms with Crippen molar-refractivity contribution in [2.45, 2.75) is 5.75 Å². The van der Waals surface area contributed by atoms with E-state index in [1.54, 1.807) is 30.3 Å². The van der Waals surface area contributed by atoms with Crippen molar-refractivity contribution in [3.05, 3.63) is 65.2 Å². The molecule has 112 valence electrons. The van der Waals surface area contributed by atoms with Gasteiger partial charge in [-0.2, -0.15) is 8.42 Å². The quantitative estimate of drug-likeness (QED) is 0.681. The number of rotatable bonds is 4. The second kappa shape index (κ2) is 5.27. The van der Waals surface area contributed by atoms with Gasteiger partial charge in [0.25, 0.3) is 11.8 Å². The van der Waals surface area contributed by atoms with Crippen LogP contribution in [-0.4, -0.2) is 20.2 Å². The SMILES string of the molecule is O=C1NC(=O)c2c(OS(=O)(=O)Cc3ccccc3)cccc21. The van der Waals surface area contributed by atoms with Gasteiger partial charge < -0.3 is 4.18 Å². The number of hydrogen-bond acceptors (Lipinski definition) is 5. The van der Waals surface area contributed by atoms with Crippen molar-refractivity contribution in [2.75, 3.05) is 0 Å². The zero-order valence-corrected chi connectivity index (χ0v) is 12.1. The Balaban J connectivity index is 1.91. The summed E-state index contributed by atoms with van der Waals surface area (Å²) in [5.74, 6) is -1.69. The summed E-state index contributed by atoms with van der Waals surface area (Å²) in [6, 6.07) is 12.8. The largest absolute Gasteiger partial charge is 0.381 e. The first-order valence-electron chi connectivity index (χ1n) is 6.41. The Hall–Kier alpha value is -2.67. The van der Waals surface area contributed by atoms with Gasteiger partial charge in [0.05, 0.1) is 11.1 Å². The summed E-state index contributed by atoms with van der Waals surface area (Å²) in [6.45, 7) is 0. The van der Waals surface area contributed by atoms with Gasteiger partial charge >= 0.3 is 10.1 Å². The van der Waals surface area contributed by atoms with Gasteiger partial charge in [-0.15, -0.1) is 0 Å². The molecule has 1 heterocycles. The fourth-order valence-electron chi connectivity index (χ4n) is 2.20. The molecule has 0 radical (unpaired) electrons. The molecule has 1 aliphatic rings. The number of fused-ring (bicyclic) bond motifs is 1. The molecule has 0 saturated heterocycles. The van der Waals surface area contributed by atoms with Crippen molar-refractivity contribution >= 4 is 21.9 Å². The molecule has 0 aromatic heterocycles. The minimum Gasteiger partial charge on any atom is -0.381 e. The van der Waals surface area contributed by atoms with Gasteiger partial charge in [-0.25, -0.2) is 0 Å². The predicted molar refractivity (Wildman–Crippen MR) is 77.9 cm³/mol. The summed E-state index contributed by atoms with van der Waals surface area (Å²) >= 11 is 0. The highest BCUT2D eigenvalue weighted by molar-refractivity contribution is 7.86. The van der Waals surface area contributed by atoms with E-state index in [0.29, 0.717) is 5.56 Å². The van der Waals surface area contributed by atoms with E-state index in [4.69, 9.17) is 4.18 Å². The van der Waals surface area contributed by atoms with Gasteiger partial charge in [0, 0.05) is 0 Å². The van der Waals surface area contributed by atoms with Gasteiger partial charge in [0.15, 0.2) is 5.75 Å². The van der Waals surface area contributed by atoms with Gasteiger partial charge in [-0.3, -0.25) is 14.9 Å². The number of amides is 2. The van der Waals surface area contributed by atoms with Crippen LogP contribution in [0.2, 0.25) is 0 Å². The van der Waals surface area contributed by atoms with Crippen LogP contribution in [0, 0.1) is 0 Å². The molecule has 0 unspecified atom stereocenters. The maximum Gasteiger partial charge on any atom is 0.313 e. The van der Waals surface area contributed by atoms with Crippen LogP contribution in [0.5, 0.6) is 5.75 Å². The molecule has 22 heavy (non-hydrogen) atoms. The first-order valence-corrected chi connectivity index (χ1v) is 7.99. The van der Waals surface area contributed by atoms with E-state index in [1.165, 1.54) is 18.2 Å². The molecule has 0 aliphatic carbocycles. The summed E-state index contributed by atoms with van der Waals surface area (Å²) in [7, 11) is -3.94. The average Bonchev–Trinajstić information content (AvgIpc) is 2.75. The molecule has 2 amide bonds. The number of imide groups is 1. The van der Waals surface area contributed by atoms with E-state index in [9.17, 15) is 18.0 Å². The molecule has 2 aromatic carbocycles. The second-order valence-electron chi connectivity index (χ2n) is 4.73. The average molecular weight is 317 g/mol. The topological polar surface area (TPSA) is 89.5 Å². The summed E-state index contributed by atoms with van der Waals surface area (Å²) in [4.78, 5) is 23.3. The van der Waals surface area contributed by atoms with Crippen LogP contribution in [0.1, 0.15) is 26.3 Å². The number of nitrogens with one attached hydrogen (secondary N) is 1. The molecular formula is C15H11NO5S. The summed E-state index contributed by atoms with van der Waals surface area (Å²) in [6.07, 6.45) is 0. The molecule has 1 N–H and O–H groups in total. The predicted octanol–water partition coefficient (Wildman–Crippen LogP) is 1.48. The molecule has 6 nitrogen and oxygen atoms in total. The lowest BCUT2D eigenvalue weighted by atomic mass is 10.1. The van der Waals surface area contributed by atoms with E-state index >= 15 is 0 Å². The number of hydrogen-bond donors (Lipinski definition) is 1. The Morgan fingerprint density at radius 2 is 1.64 bits per heavy atom. The number of carbonyl (C=O) groups excluding carboxylic acids is 2. The molecule has 0 saturated carbocycles. The Kier molecular flexibility index (Phi) is 3.42. The van der Waals surface area contributed by atoms with Crippen LogP contribution in [-0.2, 0) is 15.9 Å². The molecule has 0 spiro atoms. The van der Waals surface area contributed by atoms with Crippen molar-refractivity contribution in [3.8, 4) is 5.75 Å². The normalized spacial score (nSPS) is 13.6. The highest BCUT2D eigenvalue weighted by Crippen LogP contribution is 2.28. The first kappa shape index (κ1) is 14.3. The van der Waals surface area contributed by atoms with Crippen molar-refractivity contribution in [2.24, 2.45) is 0 Å². The van der Waals surface area contributed by atoms with Gasteiger partial charge in [0.1, 0.15) is 5.75 Å². The van der Waals surface area contributed by atoms with Crippen LogP contribution < -0.4 is 9.50 Å². The van der Waals surface area contributed by atoms with Crippen molar-refractivity contribution in [1.82, 2.24) is 5.32 Å². The minimum absolute atomic E-state index is 0.0517. The third kappa shape index (κ3) is 2.71. The fourth-order valence-corrected chi connectivity index (χ4v) is 3.27. The Morgan fingerprint density at radius 1 is 0.909 bits per heavy atom. The van der Waals surface area contributed by atoms with Gasteiger partial charge in [-0.05, 0) is 17.7 Å². The molecular weight excluding hydrogens is 306 g/mol. The minimum atomic E-state index is -3.94. The standard InChI is InChI=1S/C15H11NO5S/c17-14-11-7-4-8-12(13(11)15(18)16-14)21-22(19,20)9-10-5-2-1-3-6-10/h1-8H,9H2,(H,16,17,18). The second-order valence-corrected chi connectivity index (χ2v) is 6.30. The molecule has 0 fully saturated rings. The zero-order chi connectivity index (χ0) is 15.7. The smallest absolute Gasteiger partial charge is 0.313 e. The highest BCUT2D eigenvalue weighted by atomic mass is 32.2. The highest BCUT2D eigenvalue weighted by Gasteiger charge is 2.31. The number of carbonyl (C=O) groups is 2. The summed E-state index contributed by atoms with van der Waals surface area (Å²) in [5, 5.41) is 2.11. The lowest BCUT2D eigenvalue weighted by Gasteiger charge is -2.09. The zero-order valence-electron chi connectivity index (χ0n) is 11.3. The van der Waals surface area contributed by atoms with E-state index in [1.807, 2.05) is 0 Å². The summed E-state index contributed by atoms with van der Waals surface area (Å²) < 4.78 is 29.3. The van der Waals surface area contributed by atoms with Crippen molar-refractivity contribution < 1.29 is 22.2 Å². The Labute approximate surface area is 126 Å². The fraction of sp³-hybridized carbons (Fsp3) is 0.0667. The molecule has 0 bridgehead atoms. The molecule has 2 aromatic rings. The Morgan fingerprint density at radius 3 is 2.36 bits per heavy atom. The molecule has 3 rings (SSSR count). The van der Waals surface area contributed by atoms with Crippen LogP contribution in [0.3, 0.4) is 0 Å².